The molecule has 36 heavy (non-hydrogen) atoms. The lowest BCUT2D eigenvalue weighted by molar-refractivity contribution is 0.782. The fourth-order valence-corrected chi connectivity index (χ4v) is 5.46. The zero-order chi connectivity index (χ0) is 24.5. The Balaban J connectivity index is 1.33. The third-order valence-electron chi connectivity index (χ3n) is 6.38. The summed E-state index contributed by atoms with van der Waals surface area (Å²) < 4.78 is 5.24. The molecule has 2 aromatic carbocycles. The van der Waals surface area contributed by atoms with Crippen molar-refractivity contribution in [2.45, 2.75) is 30.7 Å². The smallest absolute Gasteiger partial charge is 0.223 e. The quantitative estimate of drug-likeness (QED) is 0.246. The number of hydrogen-bond acceptors (Lipinski definition) is 8. The van der Waals surface area contributed by atoms with Crippen molar-refractivity contribution in [3.05, 3.63) is 71.6 Å². The van der Waals surface area contributed by atoms with E-state index in [4.69, 9.17) is 16.6 Å². The van der Waals surface area contributed by atoms with E-state index in [1.165, 1.54) is 17.5 Å². The lowest BCUT2D eigenvalue weighted by Crippen LogP contribution is -2.23. The Labute approximate surface area is 218 Å². The maximum absolute atomic E-state index is 6.31. The highest BCUT2D eigenvalue weighted by atomic mass is 35.5. The molecule has 182 valence electrons. The van der Waals surface area contributed by atoms with Crippen molar-refractivity contribution in [1.29, 1.82) is 0 Å². The Morgan fingerprint density at radius 3 is 2.92 bits per heavy atom. The minimum Gasteiger partial charge on any atom is -0.350 e. The predicted molar refractivity (Wildman–Crippen MR) is 147 cm³/mol. The average Bonchev–Trinajstić information content (AvgIpc) is 3.58. The van der Waals surface area contributed by atoms with Crippen LogP contribution in [0, 0.1) is 0 Å². The Hall–Kier alpha value is -3.40. The summed E-state index contributed by atoms with van der Waals surface area (Å²) in [5, 5.41) is 13.1. The maximum Gasteiger partial charge on any atom is 0.223 e. The summed E-state index contributed by atoms with van der Waals surface area (Å²) in [6.45, 7) is 4.12. The lowest BCUT2D eigenvalue weighted by atomic mass is 10.0. The van der Waals surface area contributed by atoms with Crippen LogP contribution in [-0.4, -0.2) is 43.7 Å². The van der Waals surface area contributed by atoms with Crippen LogP contribution in [0.1, 0.15) is 18.9 Å². The number of benzene rings is 2. The van der Waals surface area contributed by atoms with E-state index in [9.17, 15) is 0 Å². The second kappa shape index (κ2) is 9.93. The fourth-order valence-electron chi connectivity index (χ4n) is 4.53. The zero-order valence-electron chi connectivity index (χ0n) is 19.7. The molecule has 1 saturated heterocycles. The normalized spacial score (nSPS) is 15.6. The third kappa shape index (κ3) is 4.45. The molecule has 0 aliphatic carbocycles. The average molecular weight is 517 g/mol. The Morgan fingerprint density at radius 1 is 1.17 bits per heavy atom. The van der Waals surface area contributed by atoms with Crippen LogP contribution in [0.15, 0.2) is 66.0 Å². The molecule has 5 aromatic rings. The maximum atomic E-state index is 6.31. The number of fused-ring (bicyclic) bond motifs is 2. The van der Waals surface area contributed by atoms with Crippen molar-refractivity contribution in [1.82, 2.24) is 29.9 Å². The SMILES string of the molecule is CCc1cc(-c2ccc3c(NSc4ccccc4Cl)ncnn23)cc2cnc(NC3CCNC3)nc12. The zero-order valence-corrected chi connectivity index (χ0v) is 21.3. The first-order chi connectivity index (χ1) is 17.7. The van der Waals surface area contributed by atoms with E-state index in [-0.39, 0.29) is 0 Å². The standard InChI is InChI=1S/C26H25ClN8S/c1-2-16-11-17(12-18-13-29-26(33-24(16)18)32-19-9-10-28-14-19)21-7-8-22-25(30-15-31-35(21)22)34-36-23-6-4-3-5-20(23)27/h3-8,11-13,15,19,28H,2,9-10,14H2,1H3,(H,29,32,33)(H,30,31,34). The highest BCUT2D eigenvalue weighted by Crippen LogP contribution is 2.32. The molecular formula is C26H25ClN8S. The molecule has 6 rings (SSSR count). The van der Waals surface area contributed by atoms with Crippen molar-refractivity contribution < 1.29 is 0 Å². The third-order valence-corrected chi connectivity index (χ3v) is 7.69. The van der Waals surface area contributed by atoms with Gasteiger partial charge >= 0.3 is 0 Å². The molecule has 1 atom stereocenters. The van der Waals surface area contributed by atoms with Gasteiger partial charge < -0.3 is 15.4 Å². The largest absolute Gasteiger partial charge is 0.350 e. The van der Waals surface area contributed by atoms with Crippen molar-refractivity contribution in [3.63, 3.8) is 0 Å². The van der Waals surface area contributed by atoms with E-state index in [0.717, 1.165) is 64.3 Å². The van der Waals surface area contributed by atoms with Gasteiger partial charge in [0.2, 0.25) is 5.95 Å². The Bertz CT molecular complexity index is 1550. The van der Waals surface area contributed by atoms with Gasteiger partial charge in [0.15, 0.2) is 5.82 Å². The first-order valence-corrected chi connectivity index (χ1v) is 13.2. The molecule has 8 nitrogen and oxygen atoms in total. The summed E-state index contributed by atoms with van der Waals surface area (Å²) in [6.07, 6.45) is 5.42. The van der Waals surface area contributed by atoms with E-state index in [1.807, 2.05) is 41.0 Å². The molecule has 0 bridgehead atoms. The predicted octanol–water partition coefficient (Wildman–Crippen LogP) is 5.45. The first-order valence-electron chi connectivity index (χ1n) is 12.0. The van der Waals surface area contributed by atoms with Gasteiger partial charge in [-0.15, -0.1) is 0 Å². The van der Waals surface area contributed by atoms with Gasteiger partial charge in [0, 0.05) is 34.6 Å². The lowest BCUT2D eigenvalue weighted by Gasteiger charge is -2.13. The molecule has 10 heteroatoms. The minimum atomic E-state index is 0.373. The molecule has 1 fully saturated rings. The summed E-state index contributed by atoms with van der Waals surface area (Å²) in [6, 6.07) is 16.5. The van der Waals surface area contributed by atoms with Gasteiger partial charge in [-0.05, 0) is 73.3 Å². The molecule has 1 aliphatic rings. The number of anilines is 2. The van der Waals surface area contributed by atoms with Crippen LogP contribution in [0.4, 0.5) is 11.8 Å². The van der Waals surface area contributed by atoms with Gasteiger partial charge in [-0.1, -0.05) is 30.7 Å². The molecule has 4 heterocycles. The first kappa shape index (κ1) is 23.0. The van der Waals surface area contributed by atoms with Gasteiger partial charge in [-0.3, -0.25) is 0 Å². The van der Waals surface area contributed by atoms with Crippen LogP contribution >= 0.6 is 23.5 Å². The molecule has 1 unspecified atom stereocenters. The number of rotatable bonds is 7. The van der Waals surface area contributed by atoms with Gasteiger partial charge in [0.25, 0.3) is 0 Å². The van der Waals surface area contributed by atoms with Crippen LogP contribution in [-0.2, 0) is 6.42 Å². The number of halogens is 1. The highest BCUT2D eigenvalue weighted by molar-refractivity contribution is 8.00. The second-order valence-electron chi connectivity index (χ2n) is 8.71. The molecule has 3 N–H and O–H groups in total. The van der Waals surface area contributed by atoms with E-state index in [0.29, 0.717) is 17.0 Å². The minimum absolute atomic E-state index is 0.373. The summed E-state index contributed by atoms with van der Waals surface area (Å²) in [5.74, 6) is 1.41. The van der Waals surface area contributed by atoms with Gasteiger partial charge in [0.05, 0.1) is 16.2 Å². The van der Waals surface area contributed by atoms with E-state index in [2.05, 4.69) is 55.5 Å². The second-order valence-corrected chi connectivity index (χ2v) is 9.97. The van der Waals surface area contributed by atoms with Crippen LogP contribution in [0.5, 0.6) is 0 Å². The monoisotopic (exact) mass is 516 g/mol. The van der Waals surface area contributed by atoms with E-state index >= 15 is 0 Å². The van der Waals surface area contributed by atoms with Gasteiger partial charge in [-0.25, -0.2) is 19.5 Å². The summed E-state index contributed by atoms with van der Waals surface area (Å²) in [5.41, 5.74) is 5.08. The van der Waals surface area contributed by atoms with Crippen LogP contribution in [0.2, 0.25) is 5.02 Å². The molecule has 0 amide bonds. The molecule has 1 aliphatic heterocycles. The molecule has 0 radical (unpaired) electrons. The number of nitrogens with zero attached hydrogens (tertiary/aromatic N) is 5. The Morgan fingerprint density at radius 2 is 2.08 bits per heavy atom. The molecule has 0 saturated carbocycles. The van der Waals surface area contributed by atoms with Crippen molar-refractivity contribution >= 4 is 51.7 Å². The van der Waals surface area contributed by atoms with Crippen molar-refractivity contribution in [2.75, 3.05) is 23.1 Å². The van der Waals surface area contributed by atoms with Crippen LogP contribution < -0.4 is 15.4 Å². The fraction of sp³-hybridized carbons (Fsp3) is 0.231. The Kier molecular flexibility index (Phi) is 6.35. The van der Waals surface area contributed by atoms with Crippen LogP contribution in [0.3, 0.4) is 0 Å². The topological polar surface area (TPSA) is 92.1 Å². The molecule has 3 aromatic heterocycles. The highest BCUT2D eigenvalue weighted by Gasteiger charge is 2.17. The van der Waals surface area contributed by atoms with Crippen LogP contribution in [0.25, 0.3) is 27.7 Å². The summed E-state index contributed by atoms with van der Waals surface area (Å²) in [4.78, 5) is 14.9. The van der Waals surface area contributed by atoms with Gasteiger partial charge in [-0.2, -0.15) is 5.10 Å². The van der Waals surface area contributed by atoms with E-state index in [1.54, 1.807) is 6.33 Å². The van der Waals surface area contributed by atoms with Gasteiger partial charge in [0.1, 0.15) is 11.8 Å². The molecule has 0 spiro atoms. The summed E-state index contributed by atoms with van der Waals surface area (Å²) in [7, 11) is 0. The molecular weight excluding hydrogens is 492 g/mol. The summed E-state index contributed by atoms with van der Waals surface area (Å²) >= 11 is 7.73. The van der Waals surface area contributed by atoms with Crippen molar-refractivity contribution in [3.8, 4) is 11.3 Å². The van der Waals surface area contributed by atoms with E-state index < -0.39 is 0 Å². The number of nitrogens with one attached hydrogen (secondary N) is 3. The number of aryl methyl sites for hydroxylation is 1. The number of hydrogen-bond donors (Lipinski definition) is 3. The van der Waals surface area contributed by atoms with Crippen molar-refractivity contribution in [2.24, 2.45) is 0 Å². The number of aromatic nitrogens is 5.